The lowest BCUT2D eigenvalue weighted by Crippen LogP contribution is -2.01. The molecule has 0 saturated heterocycles. The first-order valence-electron chi connectivity index (χ1n) is 6.16. The third kappa shape index (κ3) is 2.27. The summed E-state index contributed by atoms with van der Waals surface area (Å²) in [5, 5.41) is 8.96. The smallest absolute Gasteiger partial charge is 0.129 e. The fourth-order valence-electron chi connectivity index (χ4n) is 2.07. The van der Waals surface area contributed by atoms with Crippen LogP contribution in [0.1, 0.15) is 11.3 Å². The number of rotatable bonds is 3. The zero-order valence-electron chi connectivity index (χ0n) is 11.0. The molecule has 2 aromatic heterocycles. The Balaban J connectivity index is 1.82. The lowest BCUT2D eigenvalue weighted by molar-refractivity contribution is 0.751. The number of hydrogen-bond donors (Lipinski definition) is 1. The molecule has 0 saturated carbocycles. The second kappa shape index (κ2) is 4.68. The molecule has 0 atom stereocenters. The van der Waals surface area contributed by atoms with Crippen LogP contribution in [0, 0.1) is 6.92 Å². The highest BCUT2D eigenvalue weighted by Crippen LogP contribution is 2.18. The number of nitrogens with one attached hydrogen (secondary N) is 1. The van der Waals surface area contributed by atoms with Crippen LogP contribution in [0.15, 0.2) is 36.8 Å². The molecule has 0 unspecified atom stereocenters. The predicted molar refractivity (Wildman–Crippen MR) is 74.8 cm³/mol. The molecule has 0 spiro atoms. The van der Waals surface area contributed by atoms with Gasteiger partial charge in [-0.25, -0.2) is 9.97 Å². The Morgan fingerprint density at radius 1 is 1.26 bits per heavy atom. The van der Waals surface area contributed by atoms with Crippen molar-refractivity contribution in [3.05, 3.63) is 48.0 Å². The monoisotopic (exact) mass is 253 g/mol. The number of anilines is 1. The summed E-state index contributed by atoms with van der Waals surface area (Å²) >= 11 is 0. The average Bonchev–Trinajstić information content (AvgIpc) is 2.73. The van der Waals surface area contributed by atoms with Crippen LogP contribution < -0.4 is 5.32 Å². The molecule has 3 rings (SSSR count). The standard InChI is InChI=1S/C14H15N5/c1-10-12-4-3-11(7-13(12)18-19(10)2)8-16-14-5-6-15-9-17-14/h3-7,9H,8H2,1-2H3,(H,15,16,17). The Bertz CT molecular complexity index is 702. The highest BCUT2D eigenvalue weighted by molar-refractivity contribution is 5.82. The lowest BCUT2D eigenvalue weighted by Gasteiger charge is -2.04. The number of aryl methyl sites for hydroxylation is 2. The molecule has 1 N–H and O–H groups in total. The lowest BCUT2D eigenvalue weighted by atomic mass is 10.1. The first-order valence-corrected chi connectivity index (χ1v) is 6.16. The van der Waals surface area contributed by atoms with Gasteiger partial charge in [-0.15, -0.1) is 0 Å². The molecule has 0 radical (unpaired) electrons. The summed E-state index contributed by atoms with van der Waals surface area (Å²) in [6.07, 6.45) is 3.26. The van der Waals surface area contributed by atoms with Crippen LogP contribution in [-0.4, -0.2) is 19.7 Å². The molecule has 0 fully saturated rings. The van der Waals surface area contributed by atoms with Crippen LogP contribution >= 0.6 is 0 Å². The second-order valence-corrected chi connectivity index (χ2v) is 4.51. The molecule has 0 bridgehead atoms. The fraction of sp³-hybridized carbons (Fsp3) is 0.214. The van der Waals surface area contributed by atoms with Crippen LogP contribution in [0.25, 0.3) is 10.9 Å². The van der Waals surface area contributed by atoms with E-state index in [1.54, 1.807) is 6.20 Å². The van der Waals surface area contributed by atoms with E-state index in [1.165, 1.54) is 23.0 Å². The first-order chi connectivity index (χ1) is 9.24. The molecule has 19 heavy (non-hydrogen) atoms. The normalized spacial score (nSPS) is 10.8. The SMILES string of the molecule is Cc1c2ccc(CNc3ccncn3)cc2nn1C. The number of benzene rings is 1. The van der Waals surface area contributed by atoms with Crippen molar-refractivity contribution in [3.63, 3.8) is 0 Å². The summed E-state index contributed by atoms with van der Waals surface area (Å²) in [6.45, 7) is 2.80. The fourth-order valence-corrected chi connectivity index (χ4v) is 2.07. The predicted octanol–water partition coefficient (Wildman–Crippen LogP) is 2.28. The van der Waals surface area contributed by atoms with Crippen molar-refractivity contribution in [1.82, 2.24) is 19.7 Å². The van der Waals surface area contributed by atoms with Crippen LogP contribution in [0.2, 0.25) is 0 Å². The van der Waals surface area contributed by atoms with Crippen molar-refractivity contribution in [2.75, 3.05) is 5.32 Å². The van der Waals surface area contributed by atoms with E-state index in [0.717, 1.165) is 17.9 Å². The Kier molecular flexibility index (Phi) is 2.87. The third-order valence-electron chi connectivity index (χ3n) is 3.25. The van der Waals surface area contributed by atoms with E-state index in [1.807, 2.05) is 17.8 Å². The van der Waals surface area contributed by atoms with Gasteiger partial charge in [-0.2, -0.15) is 5.10 Å². The minimum Gasteiger partial charge on any atom is -0.366 e. The molecule has 1 aromatic carbocycles. The molecule has 3 aromatic rings. The van der Waals surface area contributed by atoms with E-state index in [-0.39, 0.29) is 0 Å². The zero-order valence-corrected chi connectivity index (χ0v) is 11.0. The summed E-state index contributed by atoms with van der Waals surface area (Å²) in [5.74, 6) is 0.826. The maximum Gasteiger partial charge on any atom is 0.129 e. The number of aromatic nitrogens is 4. The Morgan fingerprint density at radius 2 is 2.16 bits per heavy atom. The highest BCUT2D eigenvalue weighted by Gasteiger charge is 2.05. The zero-order chi connectivity index (χ0) is 13.2. The summed E-state index contributed by atoms with van der Waals surface area (Å²) in [4.78, 5) is 8.02. The van der Waals surface area contributed by atoms with E-state index in [4.69, 9.17) is 0 Å². The van der Waals surface area contributed by atoms with Crippen molar-refractivity contribution in [1.29, 1.82) is 0 Å². The summed E-state index contributed by atoms with van der Waals surface area (Å²) in [6, 6.07) is 8.19. The minimum absolute atomic E-state index is 0.725. The minimum atomic E-state index is 0.725. The summed E-state index contributed by atoms with van der Waals surface area (Å²) in [7, 11) is 1.97. The summed E-state index contributed by atoms with van der Waals surface area (Å²) < 4.78 is 1.91. The third-order valence-corrected chi connectivity index (χ3v) is 3.25. The average molecular weight is 253 g/mol. The van der Waals surface area contributed by atoms with Gasteiger partial charge in [-0.3, -0.25) is 4.68 Å². The van der Waals surface area contributed by atoms with E-state index in [9.17, 15) is 0 Å². The number of fused-ring (bicyclic) bond motifs is 1. The number of hydrogen-bond acceptors (Lipinski definition) is 4. The largest absolute Gasteiger partial charge is 0.366 e. The second-order valence-electron chi connectivity index (χ2n) is 4.51. The molecule has 5 heteroatoms. The molecule has 0 aliphatic carbocycles. The first kappa shape index (κ1) is 11.6. The Labute approximate surface area is 111 Å². The van der Waals surface area contributed by atoms with Crippen LogP contribution in [0.4, 0.5) is 5.82 Å². The van der Waals surface area contributed by atoms with Crippen molar-refractivity contribution in [2.24, 2.45) is 7.05 Å². The summed E-state index contributed by atoms with van der Waals surface area (Å²) in [5.41, 5.74) is 3.40. The van der Waals surface area contributed by atoms with Crippen LogP contribution in [-0.2, 0) is 13.6 Å². The van der Waals surface area contributed by atoms with Crippen LogP contribution in [0.3, 0.4) is 0 Å². The molecular weight excluding hydrogens is 238 g/mol. The molecule has 5 nitrogen and oxygen atoms in total. The molecule has 0 aliphatic heterocycles. The van der Waals surface area contributed by atoms with Crippen LogP contribution in [0.5, 0.6) is 0 Å². The van der Waals surface area contributed by atoms with Gasteiger partial charge in [0, 0.05) is 30.9 Å². The maximum absolute atomic E-state index is 4.49. The van der Waals surface area contributed by atoms with E-state index < -0.39 is 0 Å². The van der Waals surface area contributed by atoms with Gasteiger partial charge in [0.1, 0.15) is 12.1 Å². The van der Waals surface area contributed by atoms with Gasteiger partial charge in [-0.05, 0) is 24.6 Å². The highest BCUT2D eigenvalue weighted by atomic mass is 15.3. The Morgan fingerprint density at radius 3 is 2.95 bits per heavy atom. The van der Waals surface area contributed by atoms with Gasteiger partial charge in [0.2, 0.25) is 0 Å². The molecule has 0 aliphatic rings. The van der Waals surface area contributed by atoms with Gasteiger partial charge in [0.25, 0.3) is 0 Å². The van der Waals surface area contributed by atoms with Crippen molar-refractivity contribution in [2.45, 2.75) is 13.5 Å². The molecule has 96 valence electrons. The van der Waals surface area contributed by atoms with Crippen molar-refractivity contribution >= 4 is 16.7 Å². The molecular formula is C14H15N5. The molecule has 0 amide bonds. The van der Waals surface area contributed by atoms with E-state index in [2.05, 4.69) is 45.5 Å². The van der Waals surface area contributed by atoms with Gasteiger partial charge in [-0.1, -0.05) is 12.1 Å². The van der Waals surface area contributed by atoms with Gasteiger partial charge in [0.15, 0.2) is 0 Å². The van der Waals surface area contributed by atoms with E-state index >= 15 is 0 Å². The number of nitrogens with zero attached hydrogens (tertiary/aromatic N) is 4. The van der Waals surface area contributed by atoms with Gasteiger partial charge in [0.05, 0.1) is 5.52 Å². The topological polar surface area (TPSA) is 55.6 Å². The quantitative estimate of drug-likeness (QED) is 0.778. The van der Waals surface area contributed by atoms with Gasteiger partial charge >= 0.3 is 0 Å². The molecule has 2 heterocycles. The maximum atomic E-state index is 4.49. The van der Waals surface area contributed by atoms with E-state index in [0.29, 0.717) is 0 Å². The van der Waals surface area contributed by atoms with Crippen molar-refractivity contribution in [3.8, 4) is 0 Å². The van der Waals surface area contributed by atoms with Crippen molar-refractivity contribution < 1.29 is 0 Å². The Hall–Kier alpha value is -2.43. The van der Waals surface area contributed by atoms with Gasteiger partial charge < -0.3 is 5.32 Å².